The first kappa shape index (κ1) is 19.7. The van der Waals surface area contributed by atoms with Crippen LogP contribution in [0.25, 0.3) is 0 Å². The summed E-state index contributed by atoms with van der Waals surface area (Å²) in [5.74, 6) is 0.531. The molecule has 2 aromatic rings. The number of piperidine rings is 1. The van der Waals surface area contributed by atoms with Gasteiger partial charge in [0.05, 0.1) is 22.8 Å². The van der Waals surface area contributed by atoms with Gasteiger partial charge in [0, 0.05) is 19.3 Å². The molecule has 8 heteroatoms. The lowest BCUT2D eigenvalue weighted by Crippen LogP contribution is -2.42. The van der Waals surface area contributed by atoms with Gasteiger partial charge in [-0.15, -0.1) is 11.8 Å². The van der Waals surface area contributed by atoms with E-state index in [1.54, 1.807) is 54.6 Å². The number of sulfone groups is 1. The van der Waals surface area contributed by atoms with Gasteiger partial charge >= 0.3 is 0 Å². The maximum absolute atomic E-state index is 12.9. The van der Waals surface area contributed by atoms with E-state index >= 15 is 0 Å². The van der Waals surface area contributed by atoms with E-state index < -0.39 is 15.1 Å². The molecule has 1 fully saturated rings. The Kier molecular flexibility index (Phi) is 6.06. The number of thioether (sulfide) groups is 1. The molecule has 1 aliphatic rings. The molecule has 0 N–H and O–H groups in total. The Labute approximate surface area is 163 Å². The van der Waals surface area contributed by atoms with E-state index in [1.807, 2.05) is 6.26 Å². The zero-order valence-corrected chi connectivity index (χ0v) is 16.9. The minimum atomic E-state index is -3.42. The second-order valence-corrected chi connectivity index (χ2v) is 9.30. The number of methoxy groups -OCH3 is 1. The molecule has 27 heavy (non-hydrogen) atoms. The summed E-state index contributed by atoms with van der Waals surface area (Å²) >= 11 is 1.43. The van der Waals surface area contributed by atoms with Gasteiger partial charge in [-0.25, -0.2) is 13.4 Å². The zero-order chi connectivity index (χ0) is 19.4. The number of likely N-dealkylation sites (tertiary alicyclic amines) is 1. The molecule has 0 unspecified atom stereocenters. The van der Waals surface area contributed by atoms with E-state index in [0.29, 0.717) is 47.2 Å². The van der Waals surface area contributed by atoms with Gasteiger partial charge in [-0.1, -0.05) is 0 Å². The van der Waals surface area contributed by atoms with Crippen LogP contribution < -0.4 is 4.74 Å². The lowest BCUT2D eigenvalue weighted by Gasteiger charge is -2.32. The smallest absolute Gasteiger partial charge is 0.256 e. The van der Waals surface area contributed by atoms with Crippen LogP contribution in [-0.4, -0.2) is 55.9 Å². The predicted molar refractivity (Wildman–Crippen MR) is 105 cm³/mol. The minimum Gasteiger partial charge on any atom is -0.497 e. The van der Waals surface area contributed by atoms with Crippen molar-refractivity contribution in [2.24, 2.45) is 0 Å². The first-order valence-electron chi connectivity index (χ1n) is 8.63. The van der Waals surface area contributed by atoms with Gasteiger partial charge < -0.3 is 9.64 Å². The van der Waals surface area contributed by atoms with Crippen molar-refractivity contribution < 1.29 is 17.9 Å². The maximum atomic E-state index is 12.9. The standard InChI is InChI=1S/C19H22N2O4S2/c1-25-14-5-7-15(8-6-14)27(23,24)16-9-12-21(13-10-16)19(22)17-4-3-11-20-18(17)26-2/h3-8,11,16H,9-10,12-13H2,1-2H3. The first-order chi connectivity index (χ1) is 13.0. The molecule has 2 heterocycles. The fraction of sp³-hybridized carbons (Fsp3) is 0.368. The van der Waals surface area contributed by atoms with Crippen molar-refractivity contribution in [3.05, 3.63) is 48.2 Å². The number of amides is 1. The largest absolute Gasteiger partial charge is 0.497 e. The van der Waals surface area contributed by atoms with Crippen molar-refractivity contribution in [3.63, 3.8) is 0 Å². The number of aromatic nitrogens is 1. The van der Waals surface area contributed by atoms with Crippen LogP contribution in [0.5, 0.6) is 5.75 Å². The van der Waals surface area contributed by atoms with Crippen molar-refractivity contribution in [1.82, 2.24) is 9.88 Å². The lowest BCUT2D eigenvalue weighted by atomic mass is 10.1. The van der Waals surface area contributed by atoms with Crippen LogP contribution in [-0.2, 0) is 9.84 Å². The van der Waals surface area contributed by atoms with Gasteiger partial charge in [0.15, 0.2) is 9.84 Å². The highest BCUT2D eigenvalue weighted by Crippen LogP contribution is 2.27. The van der Waals surface area contributed by atoms with Crippen LogP contribution in [0.2, 0.25) is 0 Å². The number of hydrogen-bond donors (Lipinski definition) is 0. The van der Waals surface area contributed by atoms with E-state index in [-0.39, 0.29) is 5.91 Å². The molecule has 6 nitrogen and oxygen atoms in total. The summed E-state index contributed by atoms with van der Waals surface area (Å²) in [6.07, 6.45) is 4.40. The van der Waals surface area contributed by atoms with Crippen molar-refractivity contribution in [2.75, 3.05) is 26.5 Å². The van der Waals surface area contributed by atoms with Gasteiger partial charge in [-0.2, -0.15) is 0 Å². The Hall–Kier alpha value is -2.06. The summed E-state index contributed by atoms with van der Waals surface area (Å²) < 4.78 is 30.8. The summed E-state index contributed by atoms with van der Waals surface area (Å²) in [5.41, 5.74) is 0.571. The second kappa shape index (κ2) is 8.31. The van der Waals surface area contributed by atoms with Crippen LogP contribution in [0.15, 0.2) is 52.5 Å². The van der Waals surface area contributed by atoms with E-state index in [1.165, 1.54) is 11.8 Å². The molecule has 1 aromatic carbocycles. The highest BCUT2D eigenvalue weighted by Gasteiger charge is 2.33. The van der Waals surface area contributed by atoms with E-state index in [4.69, 9.17) is 4.74 Å². The molecule has 0 aliphatic carbocycles. The molecule has 1 saturated heterocycles. The molecule has 1 amide bonds. The van der Waals surface area contributed by atoms with Crippen molar-refractivity contribution in [1.29, 1.82) is 0 Å². The van der Waals surface area contributed by atoms with Crippen LogP contribution in [0, 0.1) is 0 Å². The molecule has 1 aromatic heterocycles. The van der Waals surface area contributed by atoms with Gasteiger partial charge in [-0.3, -0.25) is 4.79 Å². The molecular formula is C19H22N2O4S2. The number of nitrogens with zero attached hydrogens (tertiary/aromatic N) is 2. The third kappa shape index (κ3) is 4.11. The summed E-state index contributed by atoms with van der Waals surface area (Å²) in [5, 5.41) is 0.208. The Morgan fingerprint density at radius 2 is 1.85 bits per heavy atom. The fourth-order valence-electron chi connectivity index (χ4n) is 3.21. The van der Waals surface area contributed by atoms with Crippen molar-refractivity contribution in [2.45, 2.75) is 28.0 Å². The highest BCUT2D eigenvalue weighted by atomic mass is 32.2. The third-order valence-corrected chi connectivity index (χ3v) is 7.74. The molecule has 0 atom stereocenters. The number of hydrogen-bond acceptors (Lipinski definition) is 6. The number of rotatable bonds is 5. The highest BCUT2D eigenvalue weighted by molar-refractivity contribution is 7.98. The minimum absolute atomic E-state index is 0.0901. The van der Waals surface area contributed by atoms with E-state index in [2.05, 4.69) is 4.98 Å². The SMILES string of the molecule is COc1ccc(S(=O)(=O)C2CCN(C(=O)c3cccnc3SC)CC2)cc1. The number of pyridine rings is 1. The Bertz CT molecular complexity index is 906. The lowest BCUT2D eigenvalue weighted by molar-refractivity contribution is 0.0721. The third-order valence-electron chi connectivity index (χ3n) is 4.75. The maximum Gasteiger partial charge on any atom is 0.256 e. The Balaban J connectivity index is 1.70. The van der Waals surface area contributed by atoms with Crippen LogP contribution in [0.1, 0.15) is 23.2 Å². The quantitative estimate of drug-likeness (QED) is 0.711. The average molecular weight is 407 g/mol. The first-order valence-corrected chi connectivity index (χ1v) is 11.4. The molecule has 0 spiro atoms. The fourth-order valence-corrected chi connectivity index (χ4v) is 5.49. The van der Waals surface area contributed by atoms with Crippen LogP contribution in [0.4, 0.5) is 0 Å². The molecular weight excluding hydrogens is 384 g/mol. The monoisotopic (exact) mass is 406 g/mol. The number of carbonyl (C=O) groups excluding carboxylic acids is 1. The molecule has 144 valence electrons. The van der Waals surface area contributed by atoms with Crippen LogP contribution >= 0.6 is 11.8 Å². The molecule has 0 radical (unpaired) electrons. The van der Waals surface area contributed by atoms with Crippen molar-refractivity contribution in [3.8, 4) is 5.75 Å². The summed E-state index contributed by atoms with van der Waals surface area (Å²) in [6, 6.07) is 9.96. The van der Waals surface area contributed by atoms with Gasteiger partial charge in [0.1, 0.15) is 10.8 Å². The van der Waals surface area contributed by atoms with Gasteiger partial charge in [0.2, 0.25) is 0 Å². The normalized spacial score (nSPS) is 15.6. The van der Waals surface area contributed by atoms with Gasteiger partial charge in [0.25, 0.3) is 5.91 Å². The molecule has 0 saturated carbocycles. The van der Waals surface area contributed by atoms with E-state index in [0.717, 1.165) is 0 Å². The molecule has 3 rings (SSSR count). The topological polar surface area (TPSA) is 76.6 Å². The summed E-state index contributed by atoms with van der Waals surface area (Å²) in [4.78, 5) is 19.0. The average Bonchev–Trinajstić information content (AvgIpc) is 2.73. The molecule has 0 bridgehead atoms. The summed E-state index contributed by atoms with van der Waals surface area (Å²) in [6.45, 7) is 0.837. The van der Waals surface area contributed by atoms with Crippen molar-refractivity contribution >= 4 is 27.5 Å². The number of benzene rings is 1. The van der Waals surface area contributed by atoms with Gasteiger partial charge in [-0.05, 0) is 55.5 Å². The second-order valence-electron chi connectivity index (χ2n) is 6.27. The summed E-state index contributed by atoms with van der Waals surface area (Å²) in [7, 11) is -1.88. The van der Waals surface area contributed by atoms with Crippen LogP contribution in [0.3, 0.4) is 0 Å². The number of carbonyl (C=O) groups is 1. The number of ether oxygens (including phenoxy) is 1. The zero-order valence-electron chi connectivity index (χ0n) is 15.3. The molecule has 1 aliphatic heterocycles. The Morgan fingerprint density at radius 3 is 2.44 bits per heavy atom. The van der Waals surface area contributed by atoms with E-state index in [9.17, 15) is 13.2 Å². The predicted octanol–water partition coefficient (Wildman–Crippen LogP) is 2.89. The Morgan fingerprint density at radius 1 is 1.19 bits per heavy atom.